The molecule has 1 fully saturated rings. The maximum absolute atomic E-state index is 14.2. The monoisotopic (exact) mass is 534 g/mol. The van der Waals surface area contributed by atoms with E-state index in [2.05, 4.69) is 4.74 Å². The summed E-state index contributed by atoms with van der Waals surface area (Å²) in [7, 11) is -1.33. The summed E-state index contributed by atoms with van der Waals surface area (Å²) in [4.78, 5) is 0. The Morgan fingerprint density at radius 3 is 1.16 bits per heavy atom. The van der Waals surface area contributed by atoms with E-state index in [0.717, 1.165) is 0 Å². The molecular formula is C13H11F17OSi. The van der Waals surface area contributed by atoms with Crippen molar-refractivity contribution in [3.05, 3.63) is 0 Å². The zero-order valence-electron chi connectivity index (χ0n) is 15.2. The normalized spacial score (nSPS) is 23.5. The summed E-state index contributed by atoms with van der Waals surface area (Å²) in [6.07, 6.45) is -9.48. The van der Waals surface area contributed by atoms with Gasteiger partial charge in [0.1, 0.15) is 5.22 Å². The van der Waals surface area contributed by atoms with Gasteiger partial charge in [0.15, 0.2) is 0 Å². The second-order valence-electron chi connectivity index (χ2n) is 7.05. The van der Waals surface area contributed by atoms with Crippen LogP contribution in [0, 0.1) is 0 Å². The average Bonchev–Trinajstić information content (AvgIpc) is 2.60. The lowest BCUT2D eigenvalue weighted by Crippen LogP contribution is -2.76. The highest BCUT2D eigenvalue weighted by atomic mass is 28.1. The lowest BCUT2D eigenvalue weighted by atomic mass is 9.86. The van der Waals surface area contributed by atoms with Crippen LogP contribution in [0.15, 0.2) is 0 Å². The van der Waals surface area contributed by atoms with Gasteiger partial charge in [0.05, 0.1) is 10.2 Å². The van der Waals surface area contributed by atoms with Gasteiger partial charge < -0.3 is 4.74 Å². The number of rotatable bonds is 7. The van der Waals surface area contributed by atoms with Crippen LogP contribution in [0.25, 0.3) is 0 Å². The van der Waals surface area contributed by atoms with Crippen LogP contribution < -0.4 is 0 Å². The Kier molecular flexibility index (Phi) is 6.80. The first-order valence-electron chi connectivity index (χ1n) is 8.06. The van der Waals surface area contributed by atoms with Crippen molar-refractivity contribution in [2.75, 3.05) is 6.61 Å². The SMILES string of the molecule is FC(F)(F)C(F)(F)C(F)(F)C(F)(F)C(F)(F)C(F)(F)C(F)(F)C(F)(F)C1([SiH3])CCCCO1. The number of alkyl halides is 17. The molecule has 1 saturated heterocycles. The quantitative estimate of drug-likeness (QED) is 0.320. The summed E-state index contributed by atoms with van der Waals surface area (Å²) >= 11 is 0. The fourth-order valence-electron chi connectivity index (χ4n) is 2.68. The second-order valence-corrected chi connectivity index (χ2v) is 8.67. The van der Waals surface area contributed by atoms with Crippen molar-refractivity contribution in [1.29, 1.82) is 0 Å². The number of halogens is 17. The molecule has 0 aromatic carbocycles. The number of ether oxygens (including phenoxy) is 1. The summed E-state index contributed by atoms with van der Waals surface area (Å²) in [5.41, 5.74) is 0. The van der Waals surface area contributed by atoms with Crippen LogP contribution in [0.5, 0.6) is 0 Å². The van der Waals surface area contributed by atoms with E-state index in [1.165, 1.54) is 0 Å². The lowest BCUT2D eigenvalue weighted by Gasteiger charge is -2.47. The summed E-state index contributed by atoms with van der Waals surface area (Å²) < 4.78 is 230. The van der Waals surface area contributed by atoms with Crippen molar-refractivity contribution in [2.45, 2.75) is 72.1 Å². The molecule has 0 aliphatic carbocycles. The first kappa shape index (κ1) is 29.0. The predicted molar refractivity (Wildman–Crippen MR) is 73.2 cm³/mol. The molecule has 0 radical (unpaired) electrons. The third-order valence-electron chi connectivity index (χ3n) is 4.86. The van der Waals surface area contributed by atoms with E-state index in [4.69, 9.17) is 0 Å². The Labute approximate surface area is 169 Å². The van der Waals surface area contributed by atoms with Gasteiger partial charge in [-0.05, 0) is 19.3 Å². The summed E-state index contributed by atoms with van der Waals surface area (Å²) in [6, 6.07) is 0. The fourth-order valence-corrected chi connectivity index (χ4v) is 3.55. The molecule has 1 heterocycles. The molecule has 0 saturated carbocycles. The first-order valence-corrected chi connectivity index (χ1v) is 9.06. The molecule has 1 unspecified atom stereocenters. The minimum atomic E-state index is -8.60. The van der Waals surface area contributed by atoms with E-state index in [0.29, 0.717) is 0 Å². The van der Waals surface area contributed by atoms with Gasteiger partial charge in [-0.25, -0.2) is 0 Å². The van der Waals surface area contributed by atoms with Crippen molar-refractivity contribution >= 4 is 10.2 Å². The summed E-state index contributed by atoms with van der Waals surface area (Å²) in [6.45, 7) is -0.802. The van der Waals surface area contributed by atoms with Gasteiger partial charge in [-0.3, -0.25) is 0 Å². The molecule has 1 atom stereocenters. The fraction of sp³-hybridized carbons (Fsp3) is 1.00. The van der Waals surface area contributed by atoms with Crippen LogP contribution in [0.4, 0.5) is 74.6 Å². The maximum Gasteiger partial charge on any atom is 0.460 e. The van der Waals surface area contributed by atoms with E-state index in [1.54, 1.807) is 0 Å². The van der Waals surface area contributed by atoms with E-state index in [-0.39, 0.29) is 6.42 Å². The van der Waals surface area contributed by atoms with Crippen LogP contribution in [0.1, 0.15) is 19.3 Å². The molecule has 0 spiro atoms. The molecule has 0 aromatic heterocycles. The van der Waals surface area contributed by atoms with Crippen LogP contribution in [0.3, 0.4) is 0 Å². The Morgan fingerprint density at radius 2 is 0.844 bits per heavy atom. The molecule has 1 aliphatic heterocycles. The minimum Gasteiger partial charge on any atom is -0.373 e. The third kappa shape index (κ3) is 3.46. The summed E-state index contributed by atoms with van der Waals surface area (Å²) in [5, 5.41) is -3.61. The summed E-state index contributed by atoms with van der Waals surface area (Å²) in [5.74, 6) is -56.2. The molecule has 0 bridgehead atoms. The van der Waals surface area contributed by atoms with Gasteiger partial charge in [-0.15, -0.1) is 0 Å². The van der Waals surface area contributed by atoms with Crippen LogP contribution in [0.2, 0.25) is 0 Å². The molecule has 0 aromatic rings. The highest BCUT2D eigenvalue weighted by Gasteiger charge is 2.96. The predicted octanol–water partition coefficient (Wildman–Crippen LogP) is 5.26. The van der Waals surface area contributed by atoms with Gasteiger partial charge >= 0.3 is 47.6 Å². The zero-order chi connectivity index (χ0) is 26.0. The Balaban J connectivity index is 3.65. The molecule has 32 heavy (non-hydrogen) atoms. The molecule has 1 rings (SSSR count). The molecule has 0 N–H and O–H groups in total. The molecule has 19 heteroatoms. The van der Waals surface area contributed by atoms with Gasteiger partial charge in [0.2, 0.25) is 0 Å². The Morgan fingerprint density at radius 1 is 0.500 bits per heavy atom. The lowest BCUT2D eigenvalue weighted by molar-refractivity contribution is -0.466. The highest BCUT2D eigenvalue weighted by Crippen LogP contribution is 2.65. The van der Waals surface area contributed by atoms with Crippen LogP contribution >= 0.6 is 0 Å². The van der Waals surface area contributed by atoms with Crippen molar-refractivity contribution < 1.29 is 79.4 Å². The minimum absolute atomic E-state index is 0.102. The number of hydrogen-bond donors (Lipinski definition) is 0. The van der Waals surface area contributed by atoms with Gasteiger partial charge in [-0.2, -0.15) is 74.6 Å². The standard InChI is InChI=1S/C13H11F17OSi/c14-6(15,5(32)3-1-2-4-31-5)7(16,17)8(18,19)9(20,21)10(22,23)11(24,25)12(26,27)13(28,29)30/h1-4H2,32H3. The van der Waals surface area contributed by atoms with Crippen LogP contribution in [-0.2, 0) is 4.74 Å². The molecule has 1 nitrogen and oxygen atoms in total. The molecule has 0 amide bonds. The van der Waals surface area contributed by atoms with E-state index in [9.17, 15) is 74.6 Å². The smallest absolute Gasteiger partial charge is 0.373 e. The molecular weight excluding hydrogens is 523 g/mol. The van der Waals surface area contributed by atoms with E-state index < -0.39 is 82.5 Å². The number of hydrogen-bond acceptors (Lipinski definition) is 1. The zero-order valence-corrected chi connectivity index (χ0v) is 17.2. The largest absolute Gasteiger partial charge is 0.460 e. The van der Waals surface area contributed by atoms with Gasteiger partial charge in [0, 0.05) is 6.61 Å². The van der Waals surface area contributed by atoms with E-state index >= 15 is 0 Å². The Hall–Kier alpha value is -1.01. The highest BCUT2D eigenvalue weighted by molar-refractivity contribution is 6.15. The van der Waals surface area contributed by atoms with Crippen molar-refractivity contribution in [1.82, 2.24) is 0 Å². The van der Waals surface area contributed by atoms with E-state index in [1.807, 2.05) is 0 Å². The third-order valence-corrected chi connectivity index (χ3v) is 6.27. The maximum atomic E-state index is 14.2. The molecule has 192 valence electrons. The van der Waals surface area contributed by atoms with Crippen molar-refractivity contribution in [3.63, 3.8) is 0 Å². The van der Waals surface area contributed by atoms with Crippen molar-refractivity contribution in [2.24, 2.45) is 0 Å². The second kappa shape index (κ2) is 7.49. The first-order chi connectivity index (χ1) is 13.7. The topological polar surface area (TPSA) is 9.23 Å². The molecule has 1 aliphatic rings. The van der Waals surface area contributed by atoms with Crippen LogP contribution in [-0.4, -0.2) is 69.7 Å². The Bertz CT molecular complexity index is 691. The van der Waals surface area contributed by atoms with Gasteiger partial charge in [0.25, 0.3) is 0 Å². The average molecular weight is 534 g/mol. The van der Waals surface area contributed by atoms with Gasteiger partial charge in [-0.1, -0.05) is 0 Å². The van der Waals surface area contributed by atoms with Crippen molar-refractivity contribution in [3.8, 4) is 0 Å².